The molecule has 4 N–H and O–H groups in total. The molecule has 1 fully saturated rings. The Morgan fingerprint density at radius 1 is 1.07 bits per heavy atom. The average molecular weight is 621 g/mol. The first-order valence-electron chi connectivity index (χ1n) is 14.4. The highest BCUT2D eigenvalue weighted by Gasteiger charge is 2.44. The van der Waals surface area contributed by atoms with Gasteiger partial charge in [-0.25, -0.2) is 4.98 Å². The van der Waals surface area contributed by atoms with Crippen LogP contribution in [0.5, 0.6) is 0 Å². The molecule has 0 bridgehead atoms. The maximum Gasteiger partial charge on any atom is 0.246 e. The molecule has 0 unspecified atom stereocenters. The molecule has 2 heterocycles. The molecule has 238 valence electrons. The number of rotatable bonds is 16. The second-order valence-electron chi connectivity index (χ2n) is 11.4. The Hall–Kier alpha value is -2.94. The van der Waals surface area contributed by atoms with Crippen LogP contribution in [0.3, 0.4) is 0 Å². The summed E-state index contributed by atoms with van der Waals surface area (Å²) in [5.74, 6) is -1.28. The number of aliphatic hydroxyl groups is 2. The second-order valence-corrected chi connectivity index (χ2v) is 12.3. The van der Waals surface area contributed by atoms with Crippen molar-refractivity contribution in [2.75, 3.05) is 52.8 Å². The highest BCUT2D eigenvalue weighted by atomic mass is 32.1. The van der Waals surface area contributed by atoms with E-state index in [2.05, 4.69) is 15.6 Å². The van der Waals surface area contributed by atoms with Crippen molar-refractivity contribution >= 4 is 29.1 Å². The Labute approximate surface area is 256 Å². The molecule has 1 aromatic heterocycles. The lowest BCUT2D eigenvalue weighted by molar-refractivity contribution is -0.144. The first-order valence-corrected chi connectivity index (χ1v) is 15.3. The van der Waals surface area contributed by atoms with Crippen LogP contribution < -0.4 is 10.6 Å². The van der Waals surface area contributed by atoms with Gasteiger partial charge in [-0.3, -0.25) is 14.4 Å². The topological polar surface area (TPSA) is 160 Å². The number of aryl methyl sites for hydroxylation is 1. The number of hydrogen-bond acceptors (Lipinski definition) is 10. The van der Waals surface area contributed by atoms with Gasteiger partial charge in [-0.1, -0.05) is 45.0 Å². The lowest BCUT2D eigenvalue weighted by Gasteiger charge is -2.35. The van der Waals surface area contributed by atoms with Crippen molar-refractivity contribution in [1.82, 2.24) is 20.5 Å². The Bertz CT molecular complexity index is 1180. The molecular formula is C30H44N4O8S. The van der Waals surface area contributed by atoms with Gasteiger partial charge in [-0.15, -0.1) is 11.3 Å². The molecule has 0 spiro atoms. The van der Waals surface area contributed by atoms with E-state index in [0.29, 0.717) is 13.2 Å². The molecule has 0 saturated carbocycles. The number of aliphatic hydroxyl groups excluding tert-OH is 2. The summed E-state index contributed by atoms with van der Waals surface area (Å²) in [6.07, 6.45) is -0.740. The summed E-state index contributed by atoms with van der Waals surface area (Å²) in [6.45, 7) is 8.75. The van der Waals surface area contributed by atoms with Crippen molar-refractivity contribution < 1.29 is 38.8 Å². The number of β-amino-alcohol motifs (C(OH)–C–C–N with tert-alkyl or cyclic N) is 1. The van der Waals surface area contributed by atoms with Gasteiger partial charge in [-0.2, -0.15) is 0 Å². The Morgan fingerprint density at radius 3 is 2.33 bits per heavy atom. The fraction of sp³-hybridized carbons (Fsp3) is 0.600. The normalized spacial score (nSPS) is 17.6. The quantitative estimate of drug-likeness (QED) is 0.203. The third-order valence-corrected chi connectivity index (χ3v) is 7.90. The minimum absolute atomic E-state index is 0.00186. The Balaban J connectivity index is 1.52. The predicted molar refractivity (Wildman–Crippen MR) is 161 cm³/mol. The summed E-state index contributed by atoms with van der Waals surface area (Å²) in [6, 6.07) is 6.05. The minimum atomic E-state index is -0.938. The van der Waals surface area contributed by atoms with Crippen molar-refractivity contribution in [3.63, 3.8) is 0 Å². The zero-order valence-electron chi connectivity index (χ0n) is 25.3. The SMILES string of the molecule is Cc1ncsc1-c1ccc(CNC(=O)[C@@H]2C[C@H](O)CN2C(=O)[C@@H](NC(=O)COCCOCCOCCO)C(C)(C)C)cc1. The molecule has 13 heteroatoms. The largest absolute Gasteiger partial charge is 0.394 e. The lowest BCUT2D eigenvalue weighted by Crippen LogP contribution is -2.58. The van der Waals surface area contributed by atoms with E-state index < -0.39 is 35.4 Å². The van der Waals surface area contributed by atoms with Gasteiger partial charge in [-0.05, 0) is 23.5 Å². The van der Waals surface area contributed by atoms with Crippen LogP contribution in [0.1, 0.15) is 38.4 Å². The molecule has 3 atom stereocenters. The molecule has 1 aliphatic rings. The van der Waals surface area contributed by atoms with Crippen LogP contribution in [-0.4, -0.2) is 109 Å². The number of amides is 3. The van der Waals surface area contributed by atoms with Crippen LogP contribution in [0.15, 0.2) is 29.8 Å². The lowest BCUT2D eigenvalue weighted by atomic mass is 9.85. The van der Waals surface area contributed by atoms with Gasteiger partial charge < -0.3 is 40.0 Å². The molecular weight excluding hydrogens is 576 g/mol. The third-order valence-electron chi connectivity index (χ3n) is 6.92. The van der Waals surface area contributed by atoms with E-state index in [-0.39, 0.29) is 58.5 Å². The molecule has 2 aromatic rings. The molecule has 0 aliphatic carbocycles. The van der Waals surface area contributed by atoms with E-state index in [1.807, 2.05) is 57.5 Å². The van der Waals surface area contributed by atoms with Crippen molar-refractivity contribution in [3.8, 4) is 10.4 Å². The van der Waals surface area contributed by atoms with E-state index in [1.165, 1.54) is 4.90 Å². The highest BCUT2D eigenvalue weighted by Crippen LogP contribution is 2.28. The second kappa shape index (κ2) is 16.8. The van der Waals surface area contributed by atoms with E-state index in [9.17, 15) is 19.5 Å². The molecule has 43 heavy (non-hydrogen) atoms. The summed E-state index contributed by atoms with van der Waals surface area (Å²) in [7, 11) is 0. The minimum Gasteiger partial charge on any atom is -0.394 e. The van der Waals surface area contributed by atoms with E-state index >= 15 is 0 Å². The number of ether oxygens (including phenoxy) is 3. The molecule has 3 rings (SSSR count). The van der Waals surface area contributed by atoms with Gasteiger partial charge in [0.2, 0.25) is 17.7 Å². The molecule has 1 saturated heterocycles. The van der Waals surface area contributed by atoms with E-state index in [4.69, 9.17) is 19.3 Å². The number of hydrogen-bond donors (Lipinski definition) is 4. The van der Waals surface area contributed by atoms with Gasteiger partial charge in [0, 0.05) is 19.5 Å². The average Bonchev–Trinajstić information content (AvgIpc) is 3.58. The first kappa shape index (κ1) is 34.5. The highest BCUT2D eigenvalue weighted by molar-refractivity contribution is 7.13. The number of likely N-dealkylation sites (tertiary alicyclic amines) is 1. The summed E-state index contributed by atoms with van der Waals surface area (Å²) in [4.78, 5) is 46.3. The van der Waals surface area contributed by atoms with Crippen LogP contribution >= 0.6 is 11.3 Å². The van der Waals surface area contributed by atoms with Gasteiger partial charge in [0.1, 0.15) is 18.7 Å². The smallest absolute Gasteiger partial charge is 0.246 e. The van der Waals surface area contributed by atoms with Crippen LogP contribution in [0, 0.1) is 12.3 Å². The van der Waals surface area contributed by atoms with E-state index in [1.54, 1.807) is 11.3 Å². The Morgan fingerprint density at radius 2 is 1.72 bits per heavy atom. The van der Waals surface area contributed by atoms with Crippen molar-refractivity contribution in [2.45, 2.75) is 58.8 Å². The summed E-state index contributed by atoms with van der Waals surface area (Å²) in [5, 5.41) is 24.7. The van der Waals surface area contributed by atoms with E-state index in [0.717, 1.165) is 21.7 Å². The van der Waals surface area contributed by atoms with Crippen LogP contribution in [0.4, 0.5) is 0 Å². The van der Waals surface area contributed by atoms with Crippen LogP contribution in [-0.2, 0) is 35.1 Å². The van der Waals surface area contributed by atoms with Crippen LogP contribution in [0.2, 0.25) is 0 Å². The molecule has 1 aliphatic heterocycles. The third kappa shape index (κ3) is 10.6. The van der Waals surface area contributed by atoms with Crippen molar-refractivity contribution in [3.05, 3.63) is 41.0 Å². The standard InChI is InChI=1S/C30H44N4O8S/c1-20-26(43-19-32-20)22-7-5-21(6-8-22)16-31-28(38)24-15-23(36)17-34(24)29(39)27(30(2,3)4)33-25(37)18-42-14-13-41-12-11-40-10-9-35/h5-8,19,23-24,27,35-36H,9-18H2,1-4H3,(H,31,38)(H,33,37)/t23-,24-,27+/m0/s1. The number of carbonyl (C=O) groups excluding carboxylic acids is 3. The number of carbonyl (C=O) groups is 3. The zero-order chi connectivity index (χ0) is 31.4. The maximum atomic E-state index is 13.7. The number of nitrogens with zero attached hydrogens (tertiary/aromatic N) is 2. The molecule has 0 radical (unpaired) electrons. The van der Waals surface area contributed by atoms with Gasteiger partial charge >= 0.3 is 0 Å². The monoisotopic (exact) mass is 620 g/mol. The van der Waals surface area contributed by atoms with Crippen molar-refractivity contribution in [2.24, 2.45) is 5.41 Å². The van der Waals surface area contributed by atoms with Crippen molar-refractivity contribution in [1.29, 1.82) is 0 Å². The number of nitrogens with one attached hydrogen (secondary N) is 2. The number of benzene rings is 1. The fourth-order valence-corrected chi connectivity index (χ4v) is 5.46. The maximum absolute atomic E-state index is 13.7. The van der Waals surface area contributed by atoms with Gasteiger partial charge in [0.15, 0.2) is 0 Å². The fourth-order valence-electron chi connectivity index (χ4n) is 4.65. The predicted octanol–water partition coefficient (Wildman–Crippen LogP) is 1.27. The molecule has 12 nitrogen and oxygen atoms in total. The zero-order valence-corrected chi connectivity index (χ0v) is 26.2. The summed E-state index contributed by atoms with van der Waals surface area (Å²) < 4.78 is 15.8. The molecule has 3 amide bonds. The first-order chi connectivity index (χ1) is 20.5. The number of thiazole rings is 1. The summed E-state index contributed by atoms with van der Waals surface area (Å²) in [5.41, 5.74) is 4.06. The van der Waals surface area contributed by atoms with Crippen LogP contribution in [0.25, 0.3) is 10.4 Å². The van der Waals surface area contributed by atoms with Gasteiger partial charge in [0.25, 0.3) is 0 Å². The van der Waals surface area contributed by atoms with Gasteiger partial charge in [0.05, 0.1) is 61.8 Å². The Kier molecular flexibility index (Phi) is 13.5. The number of aromatic nitrogens is 1. The molecule has 1 aromatic carbocycles. The summed E-state index contributed by atoms with van der Waals surface area (Å²) >= 11 is 1.57.